The van der Waals surface area contributed by atoms with Crippen LogP contribution in [0.3, 0.4) is 0 Å². The van der Waals surface area contributed by atoms with Gasteiger partial charge in [-0.2, -0.15) is 0 Å². The minimum absolute atomic E-state index is 0.102. The number of rotatable bonds is 5. The molecule has 0 saturated carbocycles. The third-order valence-electron chi connectivity index (χ3n) is 5.11. The zero-order valence-electron chi connectivity index (χ0n) is 16.0. The zero-order valence-corrected chi connectivity index (χ0v) is 16.0. The molecule has 0 atom stereocenters. The molecule has 2 aromatic carbocycles. The van der Waals surface area contributed by atoms with Crippen LogP contribution in [0, 0.1) is 5.82 Å². The van der Waals surface area contributed by atoms with Crippen LogP contribution in [-0.2, 0) is 4.79 Å². The maximum absolute atomic E-state index is 13.1. The number of likely N-dealkylation sites (tertiary alicyclic amines) is 1. The Bertz CT molecular complexity index is 855. The molecule has 0 spiro atoms. The molecule has 0 aliphatic carbocycles. The van der Waals surface area contributed by atoms with E-state index in [1.807, 2.05) is 18.2 Å². The molecule has 0 radical (unpaired) electrons. The molecule has 0 bridgehead atoms. The Morgan fingerprint density at radius 2 is 1.68 bits per heavy atom. The molecule has 1 amide bonds. The summed E-state index contributed by atoms with van der Waals surface area (Å²) >= 11 is 0. The molecule has 3 rings (SSSR count). The van der Waals surface area contributed by atoms with Crippen LogP contribution in [0.25, 0.3) is 0 Å². The molecule has 1 saturated heterocycles. The number of carbonyl (C=O) groups excluding carboxylic acids is 1. The number of aliphatic carboxylic acids is 1. The number of carboxylic acids is 1. The Morgan fingerprint density at radius 1 is 1.07 bits per heavy atom. The van der Waals surface area contributed by atoms with Crippen LogP contribution in [-0.4, -0.2) is 40.6 Å². The molecular weight excluding hydrogens is 361 g/mol. The second-order valence-corrected chi connectivity index (χ2v) is 7.53. The fourth-order valence-electron chi connectivity index (χ4n) is 3.40. The number of benzene rings is 2. The van der Waals surface area contributed by atoms with Crippen molar-refractivity contribution in [2.24, 2.45) is 0 Å². The van der Waals surface area contributed by atoms with Gasteiger partial charge < -0.3 is 14.7 Å². The molecule has 1 aliphatic heterocycles. The lowest BCUT2D eigenvalue weighted by atomic mass is 9.88. The monoisotopic (exact) mass is 385 g/mol. The van der Waals surface area contributed by atoms with Crippen molar-refractivity contribution < 1.29 is 23.8 Å². The van der Waals surface area contributed by atoms with Gasteiger partial charge in [0, 0.05) is 18.7 Å². The normalized spacial score (nSPS) is 15.3. The molecule has 1 fully saturated rings. The van der Waals surface area contributed by atoms with E-state index in [1.54, 1.807) is 11.0 Å². The van der Waals surface area contributed by atoms with Crippen LogP contribution in [0.15, 0.2) is 48.5 Å². The molecule has 2 aromatic rings. The number of para-hydroxylation sites is 1. The van der Waals surface area contributed by atoms with Crippen molar-refractivity contribution in [3.05, 3.63) is 65.5 Å². The van der Waals surface area contributed by atoms with E-state index in [0.717, 1.165) is 18.4 Å². The van der Waals surface area contributed by atoms with E-state index in [1.165, 1.54) is 38.1 Å². The van der Waals surface area contributed by atoms with Gasteiger partial charge in [-0.25, -0.2) is 9.18 Å². The van der Waals surface area contributed by atoms with Crippen LogP contribution < -0.4 is 4.74 Å². The van der Waals surface area contributed by atoms with Crippen molar-refractivity contribution in [1.82, 2.24) is 4.90 Å². The largest absolute Gasteiger partial charge is 0.478 e. The molecule has 28 heavy (non-hydrogen) atoms. The van der Waals surface area contributed by atoms with Gasteiger partial charge in [0.2, 0.25) is 0 Å². The summed E-state index contributed by atoms with van der Waals surface area (Å²) in [6, 6.07) is 13.1. The Labute approximate surface area is 163 Å². The molecule has 0 aromatic heterocycles. The number of halogens is 1. The summed E-state index contributed by atoms with van der Waals surface area (Å²) in [6.45, 7) is 4.21. The number of hydrogen-bond acceptors (Lipinski definition) is 3. The molecule has 6 heteroatoms. The average Bonchev–Trinajstić information content (AvgIpc) is 2.68. The minimum Gasteiger partial charge on any atom is -0.478 e. The van der Waals surface area contributed by atoms with Crippen molar-refractivity contribution in [3.8, 4) is 5.75 Å². The fraction of sp³-hybridized carbons (Fsp3) is 0.364. The number of amides is 1. The van der Waals surface area contributed by atoms with Crippen molar-refractivity contribution in [2.75, 3.05) is 13.1 Å². The topological polar surface area (TPSA) is 66.8 Å². The van der Waals surface area contributed by atoms with Gasteiger partial charge in [-0.15, -0.1) is 0 Å². The van der Waals surface area contributed by atoms with Crippen LogP contribution >= 0.6 is 0 Å². The number of nitrogens with zero attached hydrogens (tertiary/aromatic N) is 1. The second kappa shape index (κ2) is 8.00. The molecule has 148 valence electrons. The summed E-state index contributed by atoms with van der Waals surface area (Å²) in [6.07, 6.45) is 1.50. The minimum atomic E-state index is -1.32. The van der Waals surface area contributed by atoms with Crippen LogP contribution in [0.1, 0.15) is 48.5 Å². The Kier molecular flexibility index (Phi) is 5.68. The number of piperidine rings is 1. The van der Waals surface area contributed by atoms with Gasteiger partial charge in [-0.05, 0) is 68.5 Å². The summed E-state index contributed by atoms with van der Waals surface area (Å²) in [4.78, 5) is 25.8. The summed E-state index contributed by atoms with van der Waals surface area (Å²) < 4.78 is 18.8. The number of carbonyl (C=O) groups is 2. The number of carboxylic acid groups (broad SMARTS) is 1. The smallest absolute Gasteiger partial charge is 0.347 e. The third-order valence-corrected chi connectivity index (χ3v) is 5.11. The summed E-state index contributed by atoms with van der Waals surface area (Å²) in [5, 5.41) is 9.33. The molecule has 0 unspecified atom stereocenters. The molecule has 1 heterocycles. The van der Waals surface area contributed by atoms with E-state index in [2.05, 4.69) is 0 Å². The van der Waals surface area contributed by atoms with E-state index in [-0.39, 0.29) is 17.6 Å². The van der Waals surface area contributed by atoms with Crippen molar-refractivity contribution >= 4 is 11.9 Å². The summed E-state index contributed by atoms with van der Waals surface area (Å²) in [5.74, 6) is -0.746. The Balaban J connectivity index is 1.69. The SMILES string of the molecule is CC(C)(Oc1ccccc1C1CCN(C(=O)c2ccc(F)cc2)CC1)C(=O)O. The zero-order chi connectivity index (χ0) is 20.3. The first-order chi connectivity index (χ1) is 13.3. The van der Waals surface area contributed by atoms with Gasteiger partial charge in [0.1, 0.15) is 11.6 Å². The maximum Gasteiger partial charge on any atom is 0.347 e. The van der Waals surface area contributed by atoms with Gasteiger partial charge >= 0.3 is 5.97 Å². The van der Waals surface area contributed by atoms with Gasteiger partial charge in [-0.1, -0.05) is 18.2 Å². The van der Waals surface area contributed by atoms with Crippen molar-refractivity contribution in [1.29, 1.82) is 0 Å². The van der Waals surface area contributed by atoms with Gasteiger partial charge in [0.15, 0.2) is 5.60 Å². The predicted molar refractivity (Wildman–Crippen MR) is 103 cm³/mol. The van der Waals surface area contributed by atoms with Crippen LogP contribution in [0.4, 0.5) is 4.39 Å². The highest BCUT2D eigenvalue weighted by Gasteiger charge is 2.32. The fourth-order valence-corrected chi connectivity index (χ4v) is 3.40. The van der Waals surface area contributed by atoms with Gasteiger partial charge in [-0.3, -0.25) is 4.79 Å². The van der Waals surface area contributed by atoms with Gasteiger partial charge in [0.05, 0.1) is 0 Å². The lowest BCUT2D eigenvalue weighted by Gasteiger charge is -2.33. The summed E-state index contributed by atoms with van der Waals surface area (Å²) in [5.41, 5.74) is 0.118. The highest BCUT2D eigenvalue weighted by molar-refractivity contribution is 5.94. The van der Waals surface area contributed by atoms with E-state index in [9.17, 15) is 19.1 Å². The van der Waals surface area contributed by atoms with E-state index in [0.29, 0.717) is 24.4 Å². The van der Waals surface area contributed by atoms with Gasteiger partial charge in [0.25, 0.3) is 5.91 Å². The summed E-state index contributed by atoms with van der Waals surface area (Å²) in [7, 11) is 0. The van der Waals surface area contributed by atoms with E-state index in [4.69, 9.17) is 4.74 Å². The highest BCUT2D eigenvalue weighted by atomic mass is 19.1. The number of ether oxygens (including phenoxy) is 1. The second-order valence-electron chi connectivity index (χ2n) is 7.53. The average molecular weight is 385 g/mol. The molecule has 5 nitrogen and oxygen atoms in total. The van der Waals surface area contributed by atoms with E-state index >= 15 is 0 Å². The standard InChI is InChI=1S/C22H24FNO4/c1-22(2,21(26)27)28-19-6-4-3-5-18(19)15-11-13-24(14-12-15)20(25)16-7-9-17(23)10-8-16/h3-10,15H,11-14H2,1-2H3,(H,26,27). The van der Waals surface area contributed by atoms with Crippen molar-refractivity contribution in [3.63, 3.8) is 0 Å². The molecule has 1 N–H and O–H groups in total. The van der Waals surface area contributed by atoms with Crippen LogP contribution in [0.2, 0.25) is 0 Å². The lowest BCUT2D eigenvalue weighted by molar-refractivity contribution is -0.152. The maximum atomic E-state index is 13.1. The Morgan fingerprint density at radius 3 is 2.29 bits per heavy atom. The number of hydrogen-bond donors (Lipinski definition) is 1. The van der Waals surface area contributed by atoms with Crippen LogP contribution in [0.5, 0.6) is 5.75 Å². The Hall–Kier alpha value is -2.89. The first-order valence-corrected chi connectivity index (χ1v) is 9.34. The van der Waals surface area contributed by atoms with Crippen molar-refractivity contribution in [2.45, 2.75) is 38.2 Å². The quantitative estimate of drug-likeness (QED) is 0.842. The molecular formula is C22H24FNO4. The molecule has 1 aliphatic rings. The highest BCUT2D eigenvalue weighted by Crippen LogP contribution is 2.36. The first kappa shape index (κ1) is 19.9. The first-order valence-electron chi connectivity index (χ1n) is 9.34. The third kappa shape index (κ3) is 4.32. The van der Waals surface area contributed by atoms with E-state index < -0.39 is 11.6 Å². The predicted octanol–water partition coefficient (Wildman–Crippen LogP) is 4.09. The lowest BCUT2D eigenvalue weighted by Crippen LogP contribution is -2.39.